The normalized spacial score (nSPS) is 20.9. The third kappa shape index (κ3) is 3.45. The van der Waals surface area contributed by atoms with Crippen molar-refractivity contribution in [3.63, 3.8) is 0 Å². The Bertz CT molecular complexity index is 305. The van der Waals surface area contributed by atoms with Gasteiger partial charge in [-0.05, 0) is 19.3 Å². The van der Waals surface area contributed by atoms with E-state index in [1.165, 1.54) is 0 Å². The van der Waals surface area contributed by atoms with Crippen LogP contribution < -0.4 is 5.73 Å². The van der Waals surface area contributed by atoms with Gasteiger partial charge in [0.2, 0.25) is 11.8 Å². The smallest absolute Gasteiger partial charge is 0.244 e. The van der Waals surface area contributed by atoms with E-state index in [0.717, 1.165) is 25.7 Å². The number of nitrogens with zero attached hydrogens (tertiary/aromatic N) is 2. The highest BCUT2D eigenvalue weighted by Crippen LogP contribution is 2.20. The third-order valence-electron chi connectivity index (χ3n) is 3.45. The Balaban J connectivity index is 2.63. The molecule has 1 aliphatic rings. The lowest BCUT2D eigenvalue weighted by Crippen LogP contribution is -2.50. The Kier molecular flexibility index (Phi) is 5.59. The zero-order chi connectivity index (χ0) is 13.7. The summed E-state index contributed by atoms with van der Waals surface area (Å²) in [6.45, 7) is 2.73. The highest BCUT2D eigenvalue weighted by atomic mass is 16.2. The SMILES string of the molecule is CCCC[C@H](N)C(=O)N1CCCC1C(=O)N(C)C. The molecule has 1 fully saturated rings. The third-order valence-corrected chi connectivity index (χ3v) is 3.45. The van der Waals surface area contributed by atoms with Gasteiger partial charge in [0, 0.05) is 20.6 Å². The van der Waals surface area contributed by atoms with Gasteiger partial charge < -0.3 is 15.5 Å². The summed E-state index contributed by atoms with van der Waals surface area (Å²) in [5.74, 6) is -0.0651. The molecule has 5 nitrogen and oxygen atoms in total. The van der Waals surface area contributed by atoms with Gasteiger partial charge in [-0.25, -0.2) is 0 Å². The second-order valence-electron chi connectivity index (χ2n) is 5.17. The molecule has 2 N–H and O–H groups in total. The molecule has 104 valence electrons. The lowest BCUT2D eigenvalue weighted by atomic mass is 10.1. The van der Waals surface area contributed by atoms with Crippen molar-refractivity contribution in [1.29, 1.82) is 0 Å². The summed E-state index contributed by atoms with van der Waals surface area (Å²) >= 11 is 0. The van der Waals surface area contributed by atoms with Crippen LogP contribution in [0.5, 0.6) is 0 Å². The Hall–Kier alpha value is -1.10. The standard InChI is InChI=1S/C13H25N3O2/c1-4-5-7-10(14)12(17)16-9-6-8-11(16)13(18)15(2)3/h10-11H,4-9,14H2,1-3H3/t10-,11?/m0/s1. The number of hydrogen-bond donors (Lipinski definition) is 1. The van der Waals surface area contributed by atoms with Gasteiger partial charge in [0.05, 0.1) is 6.04 Å². The minimum absolute atomic E-state index is 0.00328. The molecule has 2 atom stereocenters. The van der Waals surface area contributed by atoms with Gasteiger partial charge in [0.15, 0.2) is 0 Å². The molecule has 1 saturated heterocycles. The molecule has 2 amide bonds. The van der Waals surface area contributed by atoms with Crippen molar-refractivity contribution in [3.05, 3.63) is 0 Å². The maximum absolute atomic E-state index is 12.2. The van der Waals surface area contributed by atoms with Crippen molar-refractivity contribution >= 4 is 11.8 Å². The molecule has 0 saturated carbocycles. The molecular formula is C13H25N3O2. The lowest BCUT2D eigenvalue weighted by Gasteiger charge is -2.28. The van der Waals surface area contributed by atoms with Gasteiger partial charge in [0.1, 0.15) is 6.04 Å². The van der Waals surface area contributed by atoms with Crippen LogP contribution in [0.2, 0.25) is 0 Å². The summed E-state index contributed by atoms with van der Waals surface area (Å²) in [5.41, 5.74) is 5.91. The van der Waals surface area contributed by atoms with Crippen LogP contribution in [-0.2, 0) is 9.59 Å². The molecule has 1 heterocycles. The average molecular weight is 255 g/mol. The first kappa shape index (κ1) is 15.0. The number of likely N-dealkylation sites (N-methyl/N-ethyl adjacent to an activating group) is 1. The molecular weight excluding hydrogens is 230 g/mol. The maximum Gasteiger partial charge on any atom is 0.244 e. The summed E-state index contributed by atoms with van der Waals surface area (Å²) in [6.07, 6.45) is 4.32. The number of amides is 2. The van der Waals surface area contributed by atoms with Crippen molar-refractivity contribution in [2.75, 3.05) is 20.6 Å². The number of carbonyl (C=O) groups excluding carboxylic acids is 2. The molecule has 0 radical (unpaired) electrons. The Labute approximate surface area is 109 Å². The number of carbonyl (C=O) groups is 2. The lowest BCUT2D eigenvalue weighted by molar-refractivity contribution is -0.143. The van der Waals surface area contributed by atoms with E-state index in [4.69, 9.17) is 5.73 Å². The molecule has 0 aromatic rings. The summed E-state index contributed by atoms with van der Waals surface area (Å²) in [6, 6.07) is -0.763. The predicted molar refractivity (Wildman–Crippen MR) is 70.9 cm³/mol. The maximum atomic E-state index is 12.2. The zero-order valence-corrected chi connectivity index (χ0v) is 11.7. The predicted octanol–water partition coefficient (Wildman–Crippen LogP) is 0.583. The van der Waals surface area contributed by atoms with Gasteiger partial charge >= 0.3 is 0 Å². The first-order chi connectivity index (χ1) is 8.49. The number of rotatable bonds is 5. The van der Waals surface area contributed by atoms with Crippen LogP contribution in [0.4, 0.5) is 0 Å². The van der Waals surface area contributed by atoms with Crippen molar-refractivity contribution < 1.29 is 9.59 Å². The molecule has 1 rings (SSSR count). The Morgan fingerprint density at radius 3 is 2.67 bits per heavy atom. The molecule has 0 aromatic carbocycles. The highest BCUT2D eigenvalue weighted by molar-refractivity contribution is 5.90. The van der Waals surface area contributed by atoms with E-state index in [9.17, 15) is 9.59 Å². The van der Waals surface area contributed by atoms with Gasteiger partial charge in [0.25, 0.3) is 0 Å². The molecule has 1 aliphatic heterocycles. The fourth-order valence-electron chi connectivity index (χ4n) is 2.35. The van der Waals surface area contributed by atoms with E-state index in [-0.39, 0.29) is 17.9 Å². The van der Waals surface area contributed by atoms with Crippen molar-refractivity contribution in [1.82, 2.24) is 9.80 Å². The largest absolute Gasteiger partial charge is 0.347 e. The zero-order valence-electron chi connectivity index (χ0n) is 11.7. The second-order valence-corrected chi connectivity index (χ2v) is 5.17. The minimum Gasteiger partial charge on any atom is -0.347 e. The van der Waals surface area contributed by atoms with Crippen LogP contribution in [0.15, 0.2) is 0 Å². The quantitative estimate of drug-likeness (QED) is 0.781. The van der Waals surface area contributed by atoms with Gasteiger partial charge in [-0.15, -0.1) is 0 Å². The second kappa shape index (κ2) is 6.73. The molecule has 0 bridgehead atoms. The fraction of sp³-hybridized carbons (Fsp3) is 0.846. The van der Waals surface area contributed by atoms with E-state index >= 15 is 0 Å². The first-order valence-corrected chi connectivity index (χ1v) is 6.76. The molecule has 1 unspecified atom stereocenters. The van der Waals surface area contributed by atoms with Crippen LogP contribution in [0.25, 0.3) is 0 Å². The van der Waals surface area contributed by atoms with Crippen molar-refractivity contribution in [2.45, 2.75) is 51.1 Å². The van der Waals surface area contributed by atoms with Crippen molar-refractivity contribution in [2.24, 2.45) is 5.73 Å². The summed E-state index contributed by atoms with van der Waals surface area (Å²) < 4.78 is 0. The minimum atomic E-state index is -0.458. The summed E-state index contributed by atoms with van der Waals surface area (Å²) in [4.78, 5) is 27.4. The average Bonchev–Trinajstić information content (AvgIpc) is 2.82. The summed E-state index contributed by atoms with van der Waals surface area (Å²) in [7, 11) is 3.45. The molecule has 0 aliphatic carbocycles. The van der Waals surface area contributed by atoms with Crippen LogP contribution in [-0.4, -0.2) is 54.3 Å². The number of hydrogen-bond acceptors (Lipinski definition) is 3. The number of likely N-dealkylation sites (tertiary alicyclic amines) is 1. The highest BCUT2D eigenvalue weighted by Gasteiger charge is 2.36. The van der Waals surface area contributed by atoms with E-state index < -0.39 is 6.04 Å². The topological polar surface area (TPSA) is 66.6 Å². The number of unbranched alkanes of at least 4 members (excludes halogenated alkanes) is 1. The summed E-state index contributed by atoms with van der Waals surface area (Å²) in [5, 5.41) is 0. The van der Waals surface area contributed by atoms with Crippen LogP contribution in [0, 0.1) is 0 Å². The van der Waals surface area contributed by atoms with Gasteiger partial charge in [-0.1, -0.05) is 19.8 Å². The Morgan fingerprint density at radius 1 is 1.44 bits per heavy atom. The number of nitrogens with two attached hydrogens (primary N) is 1. The first-order valence-electron chi connectivity index (χ1n) is 6.76. The Morgan fingerprint density at radius 2 is 2.11 bits per heavy atom. The molecule has 0 aromatic heterocycles. The van der Waals surface area contributed by atoms with Gasteiger partial charge in [-0.2, -0.15) is 0 Å². The van der Waals surface area contributed by atoms with E-state index in [1.54, 1.807) is 23.9 Å². The van der Waals surface area contributed by atoms with Crippen LogP contribution >= 0.6 is 0 Å². The van der Waals surface area contributed by atoms with Gasteiger partial charge in [-0.3, -0.25) is 9.59 Å². The van der Waals surface area contributed by atoms with Crippen molar-refractivity contribution in [3.8, 4) is 0 Å². The van der Waals surface area contributed by atoms with Crippen LogP contribution in [0.1, 0.15) is 39.0 Å². The van der Waals surface area contributed by atoms with Crippen LogP contribution in [0.3, 0.4) is 0 Å². The van der Waals surface area contributed by atoms with E-state index in [2.05, 4.69) is 6.92 Å². The fourth-order valence-corrected chi connectivity index (χ4v) is 2.35. The van der Waals surface area contributed by atoms with E-state index in [0.29, 0.717) is 13.0 Å². The van der Waals surface area contributed by atoms with E-state index in [1.807, 2.05) is 0 Å². The monoisotopic (exact) mass is 255 g/mol. The molecule has 18 heavy (non-hydrogen) atoms. The molecule has 5 heteroatoms. The molecule has 0 spiro atoms.